The van der Waals surface area contributed by atoms with E-state index in [-0.39, 0.29) is 29.8 Å². The van der Waals surface area contributed by atoms with Crippen LogP contribution >= 0.6 is 0 Å². The Hall–Kier alpha value is -2.24. The molecule has 0 bridgehead atoms. The topological polar surface area (TPSA) is 78.9 Å². The van der Waals surface area contributed by atoms with Crippen LogP contribution in [-0.4, -0.2) is 41.2 Å². The Morgan fingerprint density at radius 3 is 2.50 bits per heavy atom. The molecule has 1 aliphatic heterocycles. The quantitative estimate of drug-likeness (QED) is 0.763. The summed E-state index contributed by atoms with van der Waals surface area (Å²) in [5.74, 6) is 0.695. The fourth-order valence-electron chi connectivity index (χ4n) is 4.56. The van der Waals surface area contributed by atoms with Gasteiger partial charge in [-0.3, -0.25) is 4.79 Å². The summed E-state index contributed by atoms with van der Waals surface area (Å²) in [7, 11) is 0. The lowest BCUT2D eigenvalue weighted by molar-refractivity contribution is -0.124. The van der Waals surface area contributed by atoms with Gasteiger partial charge in [-0.1, -0.05) is 32.9 Å². The van der Waals surface area contributed by atoms with Crippen molar-refractivity contribution in [1.29, 1.82) is 0 Å². The highest BCUT2D eigenvalue weighted by molar-refractivity contribution is 5.80. The highest BCUT2D eigenvalue weighted by Gasteiger charge is 2.35. The molecule has 1 heterocycles. The van der Waals surface area contributed by atoms with Crippen LogP contribution in [0.1, 0.15) is 64.0 Å². The lowest BCUT2D eigenvalue weighted by Gasteiger charge is -2.37. The number of phenols is 1. The largest absolute Gasteiger partial charge is 0.508 e. The van der Waals surface area contributed by atoms with Gasteiger partial charge in [-0.15, -0.1) is 0 Å². The minimum atomic E-state index is -0.279. The van der Waals surface area contributed by atoms with Gasteiger partial charge in [-0.25, -0.2) is 4.79 Å². The van der Waals surface area contributed by atoms with Crippen LogP contribution in [0.3, 0.4) is 0 Å². The third kappa shape index (κ3) is 5.67. The molecule has 6 nitrogen and oxygen atoms in total. The molecule has 2 fully saturated rings. The van der Waals surface area contributed by atoms with E-state index in [1.807, 2.05) is 13.0 Å². The van der Waals surface area contributed by atoms with Crippen molar-refractivity contribution < 1.29 is 19.4 Å². The molecule has 1 aliphatic carbocycles. The Bertz CT molecular complexity index is 763. The second-order valence-electron chi connectivity index (χ2n) is 9.99. The highest BCUT2D eigenvalue weighted by Crippen LogP contribution is 2.38. The molecule has 2 N–H and O–H groups in total. The Morgan fingerprint density at radius 1 is 1.17 bits per heavy atom. The zero-order chi connectivity index (χ0) is 21.9. The number of nitrogens with one attached hydrogen (secondary N) is 1. The number of rotatable bonds is 4. The Kier molecular flexibility index (Phi) is 6.94. The number of nitrogens with zero attached hydrogens (tertiary/aromatic N) is 1. The molecule has 6 heteroatoms. The van der Waals surface area contributed by atoms with Crippen molar-refractivity contribution in [3.8, 4) is 5.75 Å². The van der Waals surface area contributed by atoms with E-state index >= 15 is 0 Å². The average molecular weight is 417 g/mol. The Labute approximate surface area is 180 Å². The van der Waals surface area contributed by atoms with Crippen molar-refractivity contribution in [3.63, 3.8) is 0 Å². The SMILES string of the molecule is Cc1cc(CNC(=O)[C@@H]2CCN(C(=O)O[C@H]3CC[C@@H](C(C)(C)C)CC3)C2)ccc1O. The first-order chi connectivity index (χ1) is 14.1. The number of benzene rings is 1. The summed E-state index contributed by atoms with van der Waals surface area (Å²) >= 11 is 0. The maximum atomic E-state index is 12.6. The fraction of sp³-hybridized carbons (Fsp3) is 0.667. The zero-order valence-corrected chi connectivity index (χ0v) is 18.7. The van der Waals surface area contributed by atoms with Crippen LogP contribution in [0, 0.1) is 24.2 Å². The van der Waals surface area contributed by atoms with E-state index in [9.17, 15) is 14.7 Å². The summed E-state index contributed by atoms with van der Waals surface area (Å²) in [5.41, 5.74) is 2.04. The Balaban J connectivity index is 1.41. The minimum absolute atomic E-state index is 0.00159. The zero-order valence-electron chi connectivity index (χ0n) is 18.7. The third-order valence-electron chi connectivity index (χ3n) is 6.71. The smallest absolute Gasteiger partial charge is 0.410 e. The summed E-state index contributed by atoms with van der Waals surface area (Å²) in [6.07, 6.45) is 4.44. The molecule has 2 aliphatic rings. The second kappa shape index (κ2) is 9.27. The lowest BCUT2D eigenvalue weighted by atomic mass is 9.72. The molecule has 0 unspecified atom stereocenters. The molecule has 1 atom stereocenters. The monoisotopic (exact) mass is 416 g/mol. The van der Waals surface area contributed by atoms with Crippen molar-refractivity contribution in [1.82, 2.24) is 10.2 Å². The predicted octanol–water partition coefficient (Wildman–Crippen LogP) is 4.38. The number of aryl methyl sites for hydroxylation is 1. The van der Waals surface area contributed by atoms with Gasteiger partial charge in [0.25, 0.3) is 0 Å². The van der Waals surface area contributed by atoms with Crippen LogP contribution in [0.2, 0.25) is 0 Å². The van der Waals surface area contributed by atoms with Crippen LogP contribution in [0.4, 0.5) is 4.79 Å². The molecule has 3 rings (SSSR count). The van der Waals surface area contributed by atoms with E-state index in [0.717, 1.165) is 36.8 Å². The first kappa shape index (κ1) is 22.4. The van der Waals surface area contributed by atoms with Crippen molar-refractivity contribution in [3.05, 3.63) is 29.3 Å². The number of likely N-dealkylation sites (tertiary alicyclic amines) is 1. The maximum Gasteiger partial charge on any atom is 0.410 e. The van der Waals surface area contributed by atoms with Crippen LogP contribution < -0.4 is 5.32 Å². The summed E-state index contributed by atoms with van der Waals surface area (Å²) in [4.78, 5) is 26.7. The van der Waals surface area contributed by atoms with Gasteiger partial charge in [0, 0.05) is 19.6 Å². The molecule has 0 radical (unpaired) electrons. The van der Waals surface area contributed by atoms with Gasteiger partial charge in [0.15, 0.2) is 0 Å². The van der Waals surface area contributed by atoms with Crippen LogP contribution in [-0.2, 0) is 16.1 Å². The van der Waals surface area contributed by atoms with Crippen LogP contribution in [0.25, 0.3) is 0 Å². The van der Waals surface area contributed by atoms with Crippen molar-refractivity contribution in [2.24, 2.45) is 17.3 Å². The first-order valence-corrected chi connectivity index (χ1v) is 11.1. The van der Waals surface area contributed by atoms with Gasteiger partial charge >= 0.3 is 6.09 Å². The van der Waals surface area contributed by atoms with E-state index in [2.05, 4.69) is 26.1 Å². The molecule has 0 spiro atoms. The van der Waals surface area contributed by atoms with Gasteiger partial charge in [-0.2, -0.15) is 0 Å². The van der Waals surface area contributed by atoms with Gasteiger partial charge in [-0.05, 0) is 67.6 Å². The number of hydrogen-bond acceptors (Lipinski definition) is 4. The third-order valence-corrected chi connectivity index (χ3v) is 6.71. The normalized spacial score (nSPS) is 24.5. The fourth-order valence-corrected chi connectivity index (χ4v) is 4.56. The number of carbonyl (C=O) groups is 2. The van der Waals surface area contributed by atoms with E-state index in [1.54, 1.807) is 17.0 Å². The molecular formula is C24H36N2O4. The molecule has 1 saturated carbocycles. The molecule has 1 aromatic carbocycles. The number of carbonyl (C=O) groups excluding carboxylic acids is 2. The molecular weight excluding hydrogens is 380 g/mol. The number of ether oxygens (including phenoxy) is 1. The summed E-state index contributed by atoms with van der Waals surface area (Å²) < 4.78 is 5.75. The van der Waals surface area contributed by atoms with Gasteiger partial charge < -0.3 is 20.1 Å². The maximum absolute atomic E-state index is 12.6. The number of hydrogen-bond donors (Lipinski definition) is 2. The van der Waals surface area contributed by atoms with E-state index in [0.29, 0.717) is 37.4 Å². The number of amides is 2. The van der Waals surface area contributed by atoms with E-state index in [4.69, 9.17) is 4.74 Å². The van der Waals surface area contributed by atoms with Crippen molar-refractivity contribution >= 4 is 12.0 Å². The highest BCUT2D eigenvalue weighted by atomic mass is 16.6. The van der Waals surface area contributed by atoms with Gasteiger partial charge in [0.05, 0.1) is 5.92 Å². The molecule has 2 amide bonds. The van der Waals surface area contributed by atoms with Crippen molar-refractivity contribution in [2.45, 2.75) is 72.4 Å². The predicted molar refractivity (Wildman–Crippen MR) is 116 cm³/mol. The molecule has 30 heavy (non-hydrogen) atoms. The minimum Gasteiger partial charge on any atom is -0.508 e. The summed E-state index contributed by atoms with van der Waals surface area (Å²) in [5, 5.41) is 12.6. The second-order valence-corrected chi connectivity index (χ2v) is 9.99. The lowest BCUT2D eigenvalue weighted by Crippen LogP contribution is -2.37. The molecule has 1 saturated heterocycles. The molecule has 0 aromatic heterocycles. The number of aromatic hydroxyl groups is 1. The van der Waals surface area contributed by atoms with E-state index < -0.39 is 0 Å². The van der Waals surface area contributed by atoms with Gasteiger partial charge in [0.1, 0.15) is 11.9 Å². The van der Waals surface area contributed by atoms with Crippen LogP contribution in [0.15, 0.2) is 18.2 Å². The first-order valence-electron chi connectivity index (χ1n) is 11.1. The summed E-state index contributed by atoms with van der Waals surface area (Å²) in [6, 6.07) is 5.30. The van der Waals surface area contributed by atoms with Gasteiger partial charge in [0.2, 0.25) is 5.91 Å². The summed E-state index contributed by atoms with van der Waals surface area (Å²) in [6.45, 7) is 10.1. The van der Waals surface area contributed by atoms with Crippen molar-refractivity contribution in [2.75, 3.05) is 13.1 Å². The number of phenolic OH excluding ortho intramolecular Hbond substituents is 1. The molecule has 166 valence electrons. The van der Waals surface area contributed by atoms with Crippen LogP contribution in [0.5, 0.6) is 5.75 Å². The Morgan fingerprint density at radius 2 is 1.87 bits per heavy atom. The van der Waals surface area contributed by atoms with E-state index in [1.165, 1.54) is 0 Å². The molecule has 1 aromatic rings. The average Bonchev–Trinajstić information content (AvgIpc) is 3.19. The standard InChI is InChI=1S/C24H36N2O4/c1-16-13-17(5-10-21(16)27)14-25-22(28)18-11-12-26(15-18)23(29)30-20-8-6-19(7-9-20)24(2,3)4/h5,10,13,18-20,27H,6-9,11-12,14-15H2,1-4H3,(H,25,28)/t18-,19-,20+/m1/s1.